The summed E-state index contributed by atoms with van der Waals surface area (Å²) in [7, 11) is 0. The predicted octanol–water partition coefficient (Wildman–Crippen LogP) is 2.99. The minimum absolute atomic E-state index is 0.108. The van der Waals surface area contributed by atoms with Crippen molar-refractivity contribution < 1.29 is 4.79 Å². The monoisotopic (exact) mass is 415 g/mol. The lowest BCUT2D eigenvalue weighted by molar-refractivity contribution is -0.116. The van der Waals surface area contributed by atoms with E-state index in [1.54, 1.807) is 10.8 Å². The first-order valence-corrected chi connectivity index (χ1v) is 10.7. The van der Waals surface area contributed by atoms with Gasteiger partial charge in [0.1, 0.15) is 5.15 Å². The largest absolute Gasteiger partial charge is 0.353 e. The zero-order valence-electron chi connectivity index (χ0n) is 17.3. The topological polar surface area (TPSA) is 53.4 Å². The Hall–Kier alpha value is -2.15. The maximum absolute atomic E-state index is 12.2. The van der Waals surface area contributed by atoms with Crippen LogP contribution >= 0.6 is 11.6 Å². The van der Waals surface area contributed by atoms with Gasteiger partial charge >= 0.3 is 0 Å². The fourth-order valence-electron chi connectivity index (χ4n) is 3.50. The molecular weight excluding hydrogens is 386 g/mol. The second-order valence-corrected chi connectivity index (χ2v) is 7.65. The molecule has 1 aliphatic heterocycles. The molecule has 0 spiro atoms. The lowest BCUT2D eigenvalue weighted by atomic mass is 10.2. The SMILES string of the molecule is CCN1CCN(CCCNC(=O)/C=C/c2c(C)nn(-c3ccccc3)c2Cl)CC1. The standard InChI is InChI=1S/C22H30ClN5O/c1-3-26-14-16-27(17-15-26)13-7-12-24-21(29)11-10-20-18(2)25-28(22(20)23)19-8-5-4-6-9-19/h4-6,8-11H,3,7,12-17H2,1-2H3,(H,24,29)/b11-10+. The van der Waals surface area contributed by atoms with Crippen LogP contribution in [0.1, 0.15) is 24.6 Å². The predicted molar refractivity (Wildman–Crippen MR) is 119 cm³/mol. The normalized spacial score (nSPS) is 15.8. The summed E-state index contributed by atoms with van der Waals surface area (Å²) in [6.07, 6.45) is 4.23. The smallest absolute Gasteiger partial charge is 0.244 e. The van der Waals surface area contributed by atoms with Crippen molar-refractivity contribution in [3.63, 3.8) is 0 Å². The maximum atomic E-state index is 12.2. The Morgan fingerprint density at radius 3 is 2.55 bits per heavy atom. The minimum atomic E-state index is -0.108. The second kappa shape index (κ2) is 10.6. The third kappa shape index (κ3) is 5.92. The number of hydrogen-bond acceptors (Lipinski definition) is 4. The highest BCUT2D eigenvalue weighted by Crippen LogP contribution is 2.24. The minimum Gasteiger partial charge on any atom is -0.353 e. The van der Waals surface area contributed by atoms with Crippen molar-refractivity contribution in [2.24, 2.45) is 0 Å². The van der Waals surface area contributed by atoms with Crippen LogP contribution in [0.4, 0.5) is 0 Å². The number of carbonyl (C=O) groups is 1. The Balaban J connectivity index is 1.46. The highest BCUT2D eigenvalue weighted by molar-refractivity contribution is 6.31. The van der Waals surface area contributed by atoms with Crippen LogP contribution in [0.25, 0.3) is 11.8 Å². The molecule has 6 nitrogen and oxygen atoms in total. The molecule has 0 radical (unpaired) electrons. The Morgan fingerprint density at radius 2 is 1.86 bits per heavy atom. The van der Waals surface area contributed by atoms with Crippen LogP contribution in [-0.2, 0) is 4.79 Å². The molecule has 0 bridgehead atoms. The summed E-state index contributed by atoms with van der Waals surface area (Å²) < 4.78 is 1.69. The molecule has 1 saturated heterocycles. The Labute approximate surface area is 178 Å². The second-order valence-electron chi connectivity index (χ2n) is 7.29. The van der Waals surface area contributed by atoms with E-state index in [0.717, 1.165) is 62.6 Å². The molecule has 29 heavy (non-hydrogen) atoms. The maximum Gasteiger partial charge on any atom is 0.244 e. The van der Waals surface area contributed by atoms with Gasteiger partial charge in [0.05, 0.1) is 11.4 Å². The first kappa shape index (κ1) is 21.6. The molecule has 1 amide bonds. The molecule has 2 aromatic rings. The van der Waals surface area contributed by atoms with Gasteiger partial charge in [-0.2, -0.15) is 5.10 Å². The van der Waals surface area contributed by atoms with Gasteiger partial charge in [0.2, 0.25) is 5.91 Å². The van der Waals surface area contributed by atoms with Gasteiger partial charge < -0.3 is 15.1 Å². The zero-order valence-corrected chi connectivity index (χ0v) is 18.0. The average Bonchev–Trinajstić information content (AvgIpc) is 3.04. The number of rotatable bonds is 8. The lowest BCUT2D eigenvalue weighted by Crippen LogP contribution is -2.46. The van der Waals surface area contributed by atoms with Crippen molar-refractivity contribution in [3.8, 4) is 5.69 Å². The Bertz CT molecular complexity index is 825. The summed E-state index contributed by atoms with van der Waals surface area (Å²) in [6.45, 7) is 11.4. The van der Waals surface area contributed by atoms with E-state index in [9.17, 15) is 4.79 Å². The highest BCUT2D eigenvalue weighted by Gasteiger charge is 2.15. The molecular formula is C22H30ClN5O. The Morgan fingerprint density at radius 1 is 1.17 bits per heavy atom. The lowest BCUT2D eigenvalue weighted by Gasteiger charge is -2.33. The third-order valence-corrected chi connectivity index (χ3v) is 5.68. The van der Waals surface area contributed by atoms with Crippen LogP contribution in [0.15, 0.2) is 36.4 Å². The zero-order chi connectivity index (χ0) is 20.6. The number of aryl methyl sites for hydroxylation is 1. The molecule has 7 heteroatoms. The van der Waals surface area contributed by atoms with Gasteiger partial charge in [-0.3, -0.25) is 4.79 Å². The van der Waals surface area contributed by atoms with Crippen molar-refractivity contribution in [2.75, 3.05) is 45.8 Å². The number of benzene rings is 1. The molecule has 0 unspecified atom stereocenters. The van der Waals surface area contributed by atoms with Crippen molar-refractivity contribution in [2.45, 2.75) is 20.3 Å². The first-order valence-electron chi connectivity index (χ1n) is 10.3. The van der Waals surface area contributed by atoms with Gasteiger partial charge in [-0.15, -0.1) is 0 Å². The van der Waals surface area contributed by atoms with Crippen molar-refractivity contribution in [1.29, 1.82) is 0 Å². The van der Waals surface area contributed by atoms with Crippen molar-refractivity contribution >= 4 is 23.6 Å². The number of carbonyl (C=O) groups excluding carboxylic acids is 1. The van der Waals surface area contributed by atoms with Gasteiger partial charge in [0.15, 0.2) is 0 Å². The molecule has 0 saturated carbocycles. The molecule has 1 fully saturated rings. The number of para-hydroxylation sites is 1. The number of nitrogens with one attached hydrogen (secondary N) is 1. The number of nitrogens with zero attached hydrogens (tertiary/aromatic N) is 4. The molecule has 2 heterocycles. The summed E-state index contributed by atoms with van der Waals surface area (Å²) in [5, 5.41) is 7.95. The van der Waals surface area contributed by atoms with E-state index in [1.807, 2.05) is 37.3 Å². The van der Waals surface area contributed by atoms with Crippen LogP contribution in [0.2, 0.25) is 5.15 Å². The molecule has 1 aromatic carbocycles. The Kier molecular flexibility index (Phi) is 7.86. The summed E-state index contributed by atoms with van der Waals surface area (Å²) in [6, 6.07) is 9.72. The van der Waals surface area contributed by atoms with E-state index >= 15 is 0 Å². The molecule has 0 atom stereocenters. The first-order chi connectivity index (χ1) is 14.1. The van der Waals surface area contributed by atoms with Gasteiger partial charge in [-0.05, 0) is 44.6 Å². The molecule has 0 aliphatic carbocycles. The van der Waals surface area contributed by atoms with E-state index in [2.05, 4.69) is 27.1 Å². The quantitative estimate of drug-likeness (QED) is 0.532. The van der Waals surface area contributed by atoms with Crippen LogP contribution < -0.4 is 5.32 Å². The van der Waals surface area contributed by atoms with E-state index in [0.29, 0.717) is 11.7 Å². The van der Waals surface area contributed by atoms with Crippen molar-refractivity contribution in [1.82, 2.24) is 24.9 Å². The molecule has 1 N–H and O–H groups in total. The van der Waals surface area contributed by atoms with E-state index in [1.165, 1.54) is 6.08 Å². The number of amides is 1. The average molecular weight is 416 g/mol. The summed E-state index contributed by atoms with van der Waals surface area (Å²) in [4.78, 5) is 17.1. The van der Waals surface area contributed by atoms with Crippen LogP contribution in [0.3, 0.4) is 0 Å². The van der Waals surface area contributed by atoms with Gasteiger partial charge in [-0.25, -0.2) is 4.68 Å². The third-order valence-electron chi connectivity index (χ3n) is 5.31. The molecule has 1 aliphatic rings. The summed E-state index contributed by atoms with van der Waals surface area (Å²) in [5.74, 6) is -0.108. The van der Waals surface area contributed by atoms with Gasteiger partial charge in [0, 0.05) is 44.4 Å². The van der Waals surface area contributed by atoms with E-state index < -0.39 is 0 Å². The summed E-state index contributed by atoms with van der Waals surface area (Å²) >= 11 is 6.49. The number of piperazine rings is 1. The number of aromatic nitrogens is 2. The molecule has 1 aromatic heterocycles. The fourth-order valence-corrected chi connectivity index (χ4v) is 3.84. The van der Waals surface area contributed by atoms with Gasteiger partial charge in [-0.1, -0.05) is 36.7 Å². The molecule has 3 rings (SSSR count). The van der Waals surface area contributed by atoms with Crippen LogP contribution in [-0.4, -0.2) is 71.3 Å². The fraction of sp³-hybridized carbons (Fsp3) is 0.455. The van der Waals surface area contributed by atoms with Crippen LogP contribution in [0, 0.1) is 6.92 Å². The number of likely N-dealkylation sites (N-methyl/N-ethyl adjacent to an activating group) is 1. The highest BCUT2D eigenvalue weighted by atomic mass is 35.5. The van der Waals surface area contributed by atoms with Crippen LogP contribution in [0.5, 0.6) is 0 Å². The number of hydrogen-bond donors (Lipinski definition) is 1. The number of halogens is 1. The molecule has 156 valence electrons. The van der Waals surface area contributed by atoms with E-state index in [4.69, 9.17) is 11.6 Å². The summed E-state index contributed by atoms with van der Waals surface area (Å²) in [5.41, 5.74) is 2.44. The van der Waals surface area contributed by atoms with Crippen molar-refractivity contribution in [3.05, 3.63) is 52.8 Å². The van der Waals surface area contributed by atoms with Gasteiger partial charge in [0.25, 0.3) is 0 Å². The van der Waals surface area contributed by atoms with E-state index in [-0.39, 0.29) is 5.91 Å².